The van der Waals surface area contributed by atoms with Gasteiger partial charge in [-0.05, 0) is 156 Å². The third kappa shape index (κ3) is 5.38. The van der Waals surface area contributed by atoms with Crippen LogP contribution < -0.4 is 4.90 Å². The van der Waals surface area contributed by atoms with Crippen LogP contribution in [0.1, 0.15) is 105 Å². The lowest BCUT2D eigenvalue weighted by atomic mass is 9.72. The molecule has 4 aliphatic rings. The number of para-hydroxylation sites is 3. The van der Waals surface area contributed by atoms with Crippen molar-refractivity contribution in [3.8, 4) is 55.6 Å². The van der Waals surface area contributed by atoms with Gasteiger partial charge in [-0.15, -0.1) is 0 Å². The molecule has 0 saturated heterocycles. The van der Waals surface area contributed by atoms with E-state index in [0.717, 1.165) is 50.3 Å². The number of aryl methyl sites for hydroxylation is 1. The molecular formula is C73H57NO2. The summed E-state index contributed by atoms with van der Waals surface area (Å²) in [5.41, 5.74) is 31.0. The Hall–Kier alpha value is -8.40. The Morgan fingerprint density at radius 1 is 0.342 bits per heavy atom. The fourth-order valence-electron chi connectivity index (χ4n) is 15.2. The summed E-state index contributed by atoms with van der Waals surface area (Å²) in [6.45, 7) is 21.6. The standard InChI is InChI=1S/C73H57NO2/c1-40-20-10-17-27-58(40)74(43-32-35-48-56(38-43)73(8,9)66-62(48)64-50-24-14-19-29-60(50)76-69(64)65-46-22-12-16-26-53(46)72(6,7)67(65)66)42-31-34-47-55(37-42)71(4,5)57-39-51(68-63(61(47)57)49-23-13-18-28-59(49)75-68)41-30-33-45-44-21-11-15-25-52(44)70(2,3)54(45)36-41/h10-39H,1-9H3. The Labute approximate surface area is 444 Å². The van der Waals surface area contributed by atoms with E-state index in [4.69, 9.17) is 8.83 Å². The Bertz CT molecular complexity index is 4600. The van der Waals surface area contributed by atoms with Crippen LogP contribution in [0.2, 0.25) is 0 Å². The Morgan fingerprint density at radius 2 is 0.816 bits per heavy atom. The molecule has 4 aliphatic carbocycles. The highest BCUT2D eigenvalue weighted by atomic mass is 16.3. The van der Waals surface area contributed by atoms with Gasteiger partial charge in [0.15, 0.2) is 0 Å². The number of hydrogen-bond acceptors (Lipinski definition) is 3. The van der Waals surface area contributed by atoms with Gasteiger partial charge in [-0.25, -0.2) is 0 Å². The van der Waals surface area contributed by atoms with Gasteiger partial charge < -0.3 is 13.7 Å². The molecule has 3 heteroatoms. The number of rotatable bonds is 4. The first kappa shape index (κ1) is 43.9. The van der Waals surface area contributed by atoms with Gasteiger partial charge in [0.25, 0.3) is 0 Å². The van der Waals surface area contributed by atoms with E-state index in [-0.39, 0.29) is 21.7 Å². The van der Waals surface area contributed by atoms with Crippen LogP contribution >= 0.6 is 0 Å². The maximum atomic E-state index is 7.03. The van der Waals surface area contributed by atoms with Gasteiger partial charge >= 0.3 is 0 Å². The zero-order valence-corrected chi connectivity index (χ0v) is 44.6. The molecule has 12 aromatic rings. The van der Waals surface area contributed by atoms with Crippen molar-refractivity contribution in [3.05, 3.63) is 232 Å². The minimum absolute atomic E-state index is 0.121. The fraction of sp³-hybridized carbons (Fsp3) is 0.178. The van der Waals surface area contributed by atoms with Crippen LogP contribution in [-0.4, -0.2) is 0 Å². The quantitative estimate of drug-likeness (QED) is 0.176. The van der Waals surface area contributed by atoms with Crippen LogP contribution in [-0.2, 0) is 21.7 Å². The van der Waals surface area contributed by atoms with E-state index in [0.29, 0.717) is 0 Å². The van der Waals surface area contributed by atoms with E-state index < -0.39 is 0 Å². The number of nitrogens with zero attached hydrogens (tertiary/aromatic N) is 1. The van der Waals surface area contributed by atoms with Crippen molar-refractivity contribution >= 4 is 60.9 Å². The topological polar surface area (TPSA) is 29.5 Å². The molecule has 76 heavy (non-hydrogen) atoms. The molecule has 0 spiro atoms. The molecule has 10 aromatic carbocycles. The molecule has 0 unspecified atom stereocenters. The van der Waals surface area contributed by atoms with E-state index >= 15 is 0 Å². The molecule has 0 aliphatic heterocycles. The highest BCUT2D eigenvalue weighted by molar-refractivity contribution is 6.21. The summed E-state index contributed by atoms with van der Waals surface area (Å²) in [5.74, 6) is 0. The summed E-state index contributed by atoms with van der Waals surface area (Å²) >= 11 is 0. The maximum absolute atomic E-state index is 7.03. The molecule has 0 N–H and O–H groups in total. The molecular weight excluding hydrogens is 923 g/mol. The van der Waals surface area contributed by atoms with Gasteiger partial charge in [0.1, 0.15) is 22.3 Å². The predicted octanol–water partition coefficient (Wildman–Crippen LogP) is 20.2. The van der Waals surface area contributed by atoms with E-state index in [2.05, 4.69) is 249 Å². The largest absolute Gasteiger partial charge is 0.455 e. The lowest BCUT2D eigenvalue weighted by molar-refractivity contribution is 0.600. The molecule has 0 bridgehead atoms. The number of fused-ring (bicyclic) bond motifs is 22. The summed E-state index contributed by atoms with van der Waals surface area (Å²) in [4.78, 5) is 2.51. The van der Waals surface area contributed by atoms with Gasteiger partial charge in [0.05, 0.1) is 0 Å². The van der Waals surface area contributed by atoms with Crippen molar-refractivity contribution in [2.75, 3.05) is 4.90 Å². The van der Waals surface area contributed by atoms with Crippen LogP contribution in [0.3, 0.4) is 0 Å². The average molecular weight is 980 g/mol. The maximum Gasteiger partial charge on any atom is 0.144 e. The Morgan fingerprint density at radius 3 is 1.51 bits per heavy atom. The van der Waals surface area contributed by atoms with Gasteiger partial charge in [-0.2, -0.15) is 0 Å². The van der Waals surface area contributed by atoms with Crippen molar-refractivity contribution in [1.29, 1.82) is 0 Å². The summed E-state index contributed by atoms with van der Waals surface area (Å²) in [6, 6.07) is 68.2. The SMILES string of the molecule is Cc1ccccc1N(c1ccc2c(c1)C(C)(C)c1cc(-c3ccc4c(c3)C(C)(C)c3ccccc3-4)c3oc4ccccc4c3c1-2)c1ccc2c(c1)C(C)(C)c1c3c(c4oc5ccccc5c4c1-2)-c1ccccc1C3(C)C. The van der Waals surface area contributed by atoms with Gasteiger partial charge in [-0.1, -0.05) is 183 Å². The van der Waals surface area contributed by atoms with E-state index in [1.54, 1.807) is 0 Å². The lowest BCUT2D eigenvalue weighted by Crippen LogP contribution is -2.24. The van der Waals surface area contributed by atoms with Gasteiger partial charge in [0.2, 0.25) is 0 Å². The molecule has 0 amide bonds. The monoisotopic (exact) mass is 979 g/mol. The summed E-state index contributed by atoms with van der Waals surface area (Å²) in [7, 11) is 0. The van der Waals surface area contributed by atoms with E-state index in [1.807, 2.05) is 0 Å². The van der Waals surface area contributed by atoms with Crippen molar-refractivity contribution in [2.24, 2.45) is 0 Å². The second-order valence-corrected chi connectivity index (χ2v) is 24.4. The third-order valence-electron chi connectivity index (χ3n) is 18.9. The third-order valence-corrected chi connectivity index (χ3v) is 18.9. The van der Waals surface area contributed by atoms with Crippen LogP contribution in [0, 0.1) is 6.92 Å². The van der Waals surface area contributed by atoms with Crippen molar-refractivity contribution in [1.82, 2.24) is 0 Å². The second-order valence-electron chi connectivity index (χ2n) is 24.4. The van der Waals surface area contributed by atoms with Crippen molar-refractivity contribution < 1.29 is 8.83 Å². The molecule has 0 atom stereocenters. The highest BCUT2D eigenvalue weighted by Gasteiger charge is 2.49. The molecule has 16 rings (SSSR count). The Balaban J connectivity index is 0.888. The number of anilines is 3. The minimum Gasteiger partial charge on any atom is -0.455 e. The van der Waals surface area contributed by atoms with Crippen molar-refractivity contribution in [3.63, 3.8) is 0 Å². The minimum atomic E-state index is -0.337. The second kappa shape index (κ2) is 14.5. The van der Waals surface area contributed by atoms with Crippen LogP contribution in [0.25, 0.3) is 99.5 Å². The zero-order chi connectivity index (χ0) is 51.5. The summed E-state index contributed by atoms with van der Waals surface area (Å²) < 4.78 is 14.0. The zero-order valence-electron chi connectivity index (χ0n) is 44.6. The van der Waals surface area contributed by atoms with Crippen LogP contribution in [0.15, 0.2) is 191 Å². The smallest absolute Gasteiger partial charge is 0.144 e. The fourth-order valence-corrected chi connectivity index (χ4v) is 15.2. The van der Waals surface area contributed by atoms with Crippen molar-refractivity contribution in [2.45, 2.75) is 84.0 Å². The van der Waals surface area contributed by atoms with E-state index in [9.17, 15) is 0 Å². The number of furan rings is 2. The van der Waals surface area contributed by atoms with Gasteiger partial charge in [0, 0.05) is 71.4 Å². The molecule has 3 nitrogen and oxygen atoms in total. The summed E-state index contributed by atoms with van der Waals surface area (Å²) in [6.07, 6.45) is 0. The molecule has 0 radical (unpaired) electrons. The first-order valence-corrected chi connectivity index (χ1v) is 27.2. The number of benzene rings is 10. The molecule has 366 valence electrons. The van der Waals surface area contributed by atoms with Gasteiger partial charge in [-0.3, -0.25) is 0 Å². The number of hydrogen-bond donors (Lipinski definition) is 0. The first-order chi connectivity index (χ1) is 36.7. The lowest BCUT2D eigenvalue weighted by Gasteiger charge is -2.32. The Kier molecular flexibility index (Phi) is 8.38. The first-order valence-electron chi connectivity index (χ1n) is 27.2. The molecule has 2 heterocycles. The van der Waals surface area contributed by atoms with Crippen LogP contribution in [0.4, 0.5) is 17.1 Å². The average Bonchev–Trinajstić information content (AvgIpc) is 4.33. The van der Waals surface area contributed by atoms with E-state index in [1.165, 1.54) is 116 Å². The molecule has 2 aromatic heterocycles. The predicted molar refractivity (Wildman–Crippen MR) is 316 cm³/mol. The normalized spacial score (nSPS) is 16.1. The summed E-state index contributed by atoms with van der Waals surface area (Å²) in [5, 5.41) is 4.74. The molecule has 0 saturated carbocycles. The molecule has 0 fully saturated rings. The highest BCUT2D eigenvalue weighted by Crippen LogP contribution is 2.64. The van der Waals surface area contributed by atoms with Crippen LogP contribution in [0.5, 0.6) is 0 Å².